The van der Waals surface area contributed by atoms with Crippen molar-refractivity contribution in [2.45, 2.75) is 19.3 Å². The van der Waals surface area contributed by atoms with Crippen molar-refractivity contribution < 1.29 is 27.5 Å². The largest absolute Gasteiger partial charge is 0.573 e. The van der Waals surface area contributed by atoms with E-state index in [9.17, 15) is 22.8 Å². The molecule has 4 N–H and O–H groups in total. The topological polar surface area (TPSA) is 93.4 Å². The summed E-state index contributed by atoms with van der Waals surface area (Å²) < 4.78 is 40.4. The molecule has 6 nitrogen and oxygen atoms in total. The van der Waals surface area contributed by atoms with E-state index < -0.39 is 30.1 Å². The Kier molecular flexibility index (Phi) is 4.78. The maximum Gasteiger partial charge on any atom is 0.573 e. The van der Waals surface area contributed by atoms with Gasteiger partial charge in [-0.25, -0.2) is 4.79 Å². The van der Waals surface area contributed by atoms with Crippen molar-refractivity contribution in [1.82, 2.24) is 5.32 Å². The van der Waals surface area contributed by atoms with Gasteiger partial charge in [-0.2, -0.15) is 0 Å². The van der Waals surface area contributed by atoms with E-state index in [-0.39, 0.29) is 5.69 Å². The number of urea groups is 1. The number of nitrogens with two attached hydrogens (primary N) is 1. The first-order valence-electron chi connectivity index (χ1n) is 5.40. The molecule has 1 unspecified atom stereocenters. The maximum absolute atomic E-state index is 12.2. The van der Waals surface area contributed by atoms with E-state index in [0.717, 1.165) is 6.07 Å². The summed E-state index contributed by atoms with van der Waals surface area (Å²) in [5.74, 6) is -1.27. The molecule has 20 heavy (non-hydrogen) atoms. The second-order valence-electron chi connectivity index (χ2n) is 3.76. The van der Waals surface area contributed by atoms with E-state index in [1.165, 1.54) is 25.1 Å². The van der Waals surface area contributed by atoms with Gasteiger partial charge in [0, 0.05) is 0 Å². The zero-order valence-electron chi connectivity index (χ0n) is 10.3. The van der Waals surface area contributed by atoms with Crippen LogP contribution in [0.25, 0.3) is 0 Å². The van der Waals surface area contributed by atoms with Crippen LogP contribution in [-0.4, -0.2) is 24.3 Å². The highest BCUT2D eigenvalue weighted by Crippen LogP contribution is 2.30. The number of anilines is 1. The summed E-state index contributed by atoms with van der Waals surface area (Å²) in [5.41, 5.74) is 4.72. The molecular formula is C11H12F3N3O3. The lowest BCUT2D eigenvalue weighted by Gasteiger charge is -2.18. The fraction of sp³-hybridized carbons (Fsp3) is 0.273. The molecule has 0 aromatic heterocycles. The van der Waals surface area contributed by atoms with Gasteiger partial charge in [-0.05, 0) is 19.1 Å². The Labute approximate surface area is 112 Å². The van der Waals surface area contributed by atoms with Crippen molar-refractivity contribution in [2.75, 3.05) is 5.32 Å². The number of carbonyl (C=O) groups is 2. The predicted molar refractivity (Wildman–Crippen MR) is 63.9 cm³/mol. The lowest BCUT2D eigenvalue weighted by Crippen LogP contribution is -2.43. The number of imide groups is 1. The van der Waals surface area contributed by atoms with Crippen molar-refractivity contribution in [3.05, 3.63) is 24.3 Å². The molecule has 0 aliphatic carbocycles. The number of alkyl halides is 3. The second kappa shape index (κ2) is 6.13. The molecule has 0 spiro atoms. The molecule has 0 bridgehead atoms. The Hall–Kier alpha value is -2.45. The number of carbonyl (C=O) groups excluding carboxylic acids is 2. The molecule has 9 heteroatoms. The maximum atomic E-state index is 12.2. The number of rotatable bonds is 4. The van der Waals surface area contributed by atoms with Crippen LogP contribution in [0.2, 0.25) is 0 Å². The molecule has 0 fully saturated rings. The third-order valence-corrected chi connectivity index (χ3v) is 2.12. The van der Waals surface area contributed by atoms with Gasteiger partial charge in [0.1, 0.15) is 6.04 Å². The average molecular weight is 291 g/mol. The molecule has 0 saturated carbocycles. The third-order valence-electron chi connectivity index (χ3n) is 2.12. The van der Waals surface area contributed by atoms with Crippen molar-refractivity contribution in [3.63, 3.8) is 0 Å². The van der Waals surface area contributed by atoms with E-state index in [1.54, 1.807) is 5.32 Å². The summed E-state index contributed by atoms with van der Waals surface area (Å²) in [7, 11) is 0. The van der Waals surface area contributed by atoms with Crippen LogP contribution in [0.3, 0.4) is 0 Å². The van der Waals surface area contributed by atoms with Gasteiger partial charge in [0.15, 0.2) is 5.75 Å². The predicted octanol–water partition coefficient (Wildman–Crippen LogP) is 1.58. The van der Waals surface area contributed by atoms with Crippen LogP contribution in [0, 0.1) is 0 Å². The summed E-state index contributed by atoms with van der Waals surface area (Å²) in [4.78, 5) is 21.9. The summed E-state index contributed by atoms with van der Waals surface area (Å²) in [5, 5.41) is 4.30. The number of nitrogens with one attached hydrogen (secondary N) is 2. The number of hydrogen-bond donors (Lipinski definition) is 3. The van der Waals surface area contributed by atoms with Gasteiger partial charge >= 0.3 is 12.4 Å². The molecule has 0 saturated heterocycles. The molecule has 0 aliphatic heterocycles. The van der Waals surface area contributed by atoms with Crippen LogP contribution in [0.4, 0.5) is 23.7 Å². The Balaban J connectivity index is 2.82. The number of primary amides is 1. The highest BCUT2D eigenvalue weighted by atomic mass is 19.4. The molecule has 0 heterocycles. The van der Waals surface area contributed by atoms with E-state index in [4.69, 9.17) is 5.73 Å². The zero-order valence-corrected chi connectivity index (χ0v) is 10.3. The standard InChI is InChI=1S/C11H12F3N3O3/c1-6(9(18)17-10(15)19)16-7-4-2-3-5-8(7)20-11(12,13)14/h2-6,16H,1H3,(H3,15,17,18,19). The number of para-hydroxylation sites is 2. The molecule has 3 amide bonds. The van der Waals surface area contributed by atoms with E-state index in [2.05, 4.69) is 10.1 Å². The van der Waals surface area contributed by atoms with Gasteiger partial charge in [-0.15, -0.1) is 13.2 Å². The Morgan fingerprint density at radius 2 is 1.90 bits per heavy atom. The van der Waals surface area contributed by atoms with Crippen LogP contribution in [0.1, 0.15) is 6.92 Å². The van der Waals surface area contributed by atoms with Crippen LogP contribution >= 0.6 is 0 Å². The number of benzene rings is 1. The number of halogens is 3. The third kappa shape index (κ3) is 5.04. The molecule has 0 radical (unpaired) electrons. The lowest BCUT2D eigenvalue weighted by molar-refractivity contribution is -0.274. The van der Waals surface area contributed by atoms with Gasteiger partial charge in [0.05, 0.1) is 5.69 Å². The van der Waals surface area contributed by atoms with Crippen molar-refractivity contribution in [2.24, 2.45) is 5.73 Å². The molecule has 110 valence electrons. The number of ether oxygens (including phenoxy) is 1. The summed E-state index contributed by atoms with van der Waals surface area (Å²) in [6, 6.07) is 3.16. The first kappa shape index (κ1) is 15.6. The average Bonchev–Trinajstić information content (AvgIpc) is 2.28. The Morgan fingerprint density at radius 1 is 1.30 bits per heavy atom. The second-order valence-corrected chi connectivity index (χ2v) is 3.76. The SMILES string of the molecule is CC(Nc1ccccc1OC(F)(F)F)C(=O)NC(N)=O. The molecule has 0 aliphatic rings. The van der Waals surface area contributed by atoms with Crippen molar-refractivity contribution in [3.8, 4) is 5.75 Å². The summed E-state index contributed by atoms with van der Waals surface area (Å²) in [6.07, 6.45) is -4.85. The van der Waals surface area contributed by atoms with Crippen molar-refractivity contribution >= 4 is 17.6 Å². The fourth-order valence-corrected chi connectivity index (χ4v) is 1.33. The first-order chi connectivity index (χ1) is 9.19. The van der Waals surface area contributed by atoms with Crippen LogP contribution in [0.5, 0.6) is 5.75 Å². The van der Waals surface area contributed by atoms with Gasteiger partial charge in [-0.1, -0.05) is 12.1 Å². The molecule has 1 rings (SSSR count). The molecule has 1 aromatic rings. The lowest BCUT2D eigenvalue weighted by atomic mass is 10.2. The molecule has 1 atom stereocenters. The molecule has 1 aromatic carbocycles. The quantitative estimate of drug-likeness (QED) is 0.785. The van der Waals surface area contributed by atoms with Crippen LogP contribution in [0.15, 0.2) is 24.3 Å². The normalized spacial score (nSPS) is 12.4. The highest BCUT2D eigenvalue weighted by Gasteiger charge is 2.32. The van der Waals surface area contributed by atoms with Crippen molar-refractivity contribution in [1.29, 1.82) is 0 Å². The van der Waals surface area contributed by atoms with Gasteiger partial charge in [-0.3, -0.25) is 10.1 Å². The van der Waals surface area contributed by atoms with E-state index >= 15 is 0 Å². The highest BCUT2D eigenvalue weighted by molar-refractivity contribution is 5.97. The van der Waals surface area contributed by atoms with E-state index in [1.807, 2.05) is 0 Å². The van der Waals surface area contributed by atoms with Gasteiger partial charge in [0.25, 0.3) is 0 Å². The monoisotopic (exact) mass is 291 g/mol. The minimum Gasteiger partial charge on any atom is -0.404 e. The zero-order chi connectivity index (χ0) is 15.3. The number of hydrogen-bond acceptors (Lipinski definition) is 4. The summed E-state index contributed by atoms with van der Waals surface area (Å²) >= 11 is 0. The number of amides is 3. The van der Waals surface area contributed by atoms with E-state index in [0.29, 0.717) is 0 Å². The minimum absolute atomic E-state index is 0.0445. The first-order valence-corrected chi connectivity index (χ1v) is 5.40. The van der Waals surface area contributed by atoms with Crippen LogP contribution < -0.4 is 21.1 Å². The molecular weight excluding hydrogens is 279 g/mol. The Bertz CT molecular complexity index is 505. The summed E-state index contributed by atoms with van der Waals surface area (Å²) in [6.45, 7) is 1.35. The van der Waals surface area contributed by atoms with Gasteiger partial charge < -0.3 is 15.8 Å². The van der Waals surface area contributed by atoms with Crippen LogP contribution in [-0.2, 0) is 4.79 Å². The fourth-order valence-electron chi connectivity index (χ4n) is 1.33. The smallest absolute Gasteiger partial charge is 0.404 e. The minimum atomic E-state index is -4.85. The van der Waals surface area contributed by atoms with Gasteiger partial charge in [0.2, 0.25) is 5.91 Å². The Morgan fingerprint density at radius 3 is 2.45 bits per heavy atom.